The van der Waals surface area contributed by atoms with E-state index in [2.05, 4.69) is 5.32 Å². The largest absolute Gasteiger partial charge is 0.472 e. The summed E-state index contributed by atoms with van der Waals surface area (Å²) in [4.78, 5) is 25.4. The molecule has 0 aliphatic carbocycles. The lowest BCUT2D eigenvalue weighted by molar-refractivity contribution is -0.121. The van der Waals surface area contributed by atoms with E-state index >= 15 is 0 Å². The van der Waals surface area contributed by atoms with Crippen LogP contribution in [0.15, 0.2) is 23.0 Å². The van der Waals surface area contributed by atoms with Crippen molar-refractivity contribution in [3.63, 3.8) is 0 Å². The van der Waals surface area contributed by atoms with E-state index in [9.17, 15) is 9.59 Å². The monoisotopic (exact) mass is 266 g/mol. The minimum Gasteiger partial charge on any atom is -0.472 e. The van der Waals surface area contributed by atoms with E-state index in [0.29, 0.717) is 31.6 Å². The second-order valence-electron chi connectivity index (χ2n) is 4.40. The molecule has 0 saturated heterocycles. The summed E-state index contributed by atoms with van der Waals surface area (Å²) in [5, 5.41) is 2.81. The number of hydrogen-bond acceptors (Lipinski definition) is 3. The molecule has 0 aromatic carbocycles. The van der Waals surface area contributed by atoms with Crippen LogP contribution in [0.2, 0.25) is 0 Å². The number of nitrogens with zero attached hydrogens (tertiary/aromatic N) is 1. The minimum absolute atomic E-state index is 0.0112. The molecule has 106 valence electrons. The lowest BCUT2D eigenvalue weighted by Gasteiger charge is -2.21. The molecule has 0 spiro atoms. The normalized spacial score (nSPS) is 10.2. The van der Waals surface area contributed by atoms with Gasteiger partial charge in [0.2, 0.25) is 5.91 Å². The van der Waals surface area contributed by atoms with Gasteiger partial charge in [0.1, 0.15) is 6.26 Å². The van der Waals surface area contributed by atoms with Crippen molar-refractivity contribution in [2.45, 2.75) is 33.1 Å². The maximum absolute atomic E-state index is 12.2. The van der Waals surface area contributed by atoms with E-state index in [1.54, 1.807) is 11.0 Å². The molecule has 0 aliphatic rings. The van der Waals surface area contributed by atoms with Crippen molar-refractivity contribution >= 4 is 11.8 Å². The third-order valence-corrected chi connectivity index (χ3v) is 2.73. The molecule has 0 atom stereocenters. The highest BCUT2D eigenvalue weighted by Gasteiger charge is 2.16. The van der Waals surface area contributed by atoms with Gasteiger partial charge in [-0.2, -0.15) is 0 Å². The number of carbonyl (C=O) groups is 2. The standard InChI is InChI=1S/C14H22N2O3/c1-3-7-15-13(17)5-9-16(8-4-2)14(18)12-6-10-19-11-12/h6,10-11H,3-5,7-9H2,1-2H3,(H,15,17). The van der Waals surface area contributed by atoms with Crippen molar-refractivity contribution in [1.82, 2.24) is 10.2 Å². The molecule has 0 bridgehead atoms. The number of nitrogens with one attached hydrogen (secondary N) is 1. The SMILES string of the molecule is CCCNC(=O)CCN(CCC)C(=O)c1ccoc1. The average Bonchev–Trinajstić information content (AvgIpc) is 2.94. The Morgan fingerprint density at radius 1 is 1.26 bits per heavy atom. The minimum atomic E-state index is -0.0844. The fraction of sp³-hybridized carbons (Fsp3) is 0.571. The van der Waals surface area contributed by atoms with Gasteiger partial charge in [-0.1, -0.05) is 13.8 Å². The second-order valence-corrected chi connectivity index (χ2v) is 4.40. The van der Waals surface area contributed by atoms with E-state index in [0.717, 1.165) is 12.8 Å². The first-order chi connectivity index (χ1) is 9.19. The topological polar surface area (TPSA) is 62.6 Å². The van der Waals surface area contributed by atoms with E-state index in [1.807, 2.05) is 13.8 Å². The molecule has 1 aromatic heterocycles. The van der Waals surface area contributed by atoms with Gasteiger partial charge < -0.3 is 14.6 Å². The summed E-state index contributed by atoms with van der Waals surface area (Å²) in [5.74, 6) is -0.0955. The lowest BCUT2D eigenvalue weighted by Crippen LogP contribution is -2.35. The van der Waals surface area contributed by atoms with Crippen LogP contribution in [0.5, 0.6) is 0 Å². The number of furan rings is 1. The highest BCUT2D eigenvalue weighted by molar-refractivity contribution is 5.94. The second kappa shape index (κ2) is 8.34. The van der Waals surface area contributed by atoms with Crippen LogP contribution >= 0.6 is 0 Å². The van der Waals surface area contributed by atoms with Crippen LogP contribution in [-0.4, -0.2) is 36.3 Å². The van der Waals surface area contributed by atoms with Crippen molar-refractivity contribution < 1.29 is 14.0 Å². The molecule has 5 heteroatoms. The van der Waals surface area contributed by atoms with E-state index in [1.165, 1.54) is 12.5 Å². The van der Waals surface area contributed by atoms with E-state index in [-0.39, 0.29) is 11.8 Å². The quantitative estimate of drug-likeness (QED) is 0.783. The first-order valence-corrected chi connectivity index (χ1v) is 6.77. The van der Waals surface area contributed by atoms with Gasteiger partial charge in [-0.25, -0.2) is 0 Å². The Morgan fingerprint density at radius 2 is 2.05 bits per heavy atom. The smallest absolute Gasteiger partial charge is 0.257 e. The van der Waals surface area contributed by atoms with Gasteiger partial charge in [0, 0.05) is 26.1 Å². The summed E-state index contributed by atoms with van der Waals surface area (Å²) in [6, 6.07) is 1.64. The van der Waals surface area contributed by atoms with Crippen LogP contribution in [0, 0.1) is 0 Å². The predicted octanol–water partition coefficient (Wildman–Crippen LogP) is 2.05. The highest BCUT2D eigenvalue weighted by Crippen LogP contribution is 2.07. The molecule has 0 fully saturated rings. The van der Waals surface area contributed by atoms with E-state index in [4.69, 9.17) is 4.42 Å². The van der Waals surface area contributed by atoms with Crippen LogP contribution in [-0.2, 0) is 4.79 Å². The maximum atomic E-state index is 12.2. The van der Waals surface area contributed by atoms with E-state index < -0.39 is 0 Å². The Hall–Kier alpha value is -1.78. The molecule has 1 rings (SSSR count). The lowest BCUT2D eigenvalue weighted by atomic mass is 10.2. The third kappa shape index (κ3) is 5.16. The summed E-state index contributed by atoms with van der Waals surface area (Å²) in [5.41, 5.74) is 0.530. The summed E-state index contributed by atoms with van der Waals surface area (Å²) in [6.45, 7) is 5.78. The molecule has 1 heterocycles. The fourth-order valence-corrected chi connectivity index (χ4v) is 1.74. The van der Waals surface area contributed by atoms with Gasteiger partial charge >= 0.3 is 0 Å². The highest BCUT2D eigenvalue weighted by atomic mass is 16.3. The molecule has 2 amide bonds. The molecule has 1 N–H and O–H groups in total. The zero-order valence-corrected chi connectivity index (χ0v) is 11.6. The van der Waals surface area contributed by atoms with Gasteiger partial charge in [0.15, 0.2) is 0 Å². The average molecular weight is 266 g/mol. The first-order valence-electron chi connectivity index (χ1n) is 6.77. The number of hydrogen-bond donors (Lipinski definition) is 1. The molecule has 0 aliphatic heterocycles. The van der Waals surface area contributed by atoms with Crippen LogP contribution in [0.1, 0.15) is 43.5 Å². The Bertz CT molecular complexity index is 387. The Labute approximate surface area is 114 Å². The molecular formula is C14H22N2O3. The third-order valence-electron chi connectivity index (χ3n) is 2.73. The zero-order chi connectivity index (χ0) is 14.1. The van der Waals surface area contributed by atoms with Gasteiger partial charge in [-0.15, -0.1) is 0 Å². The Balaban J connectivity index is 2.48. The van der Waals surface area contributed by atoms with Crippen molar-refractivity contribution in [1.29, 1.82) is 0 Å². The van der Waals surface area contributed by atoms with Crippen LogP contribution < -0.4 is 5.32 Å². The maximum Gasteiger partial charge on any atom is 0.257 e. The molecule has 0 saturated carbocycles. The summed E-state index contributed by atoms with van der Waals surface area (Å²) in [6.07, 6.45) is 5.02. The Kier molecular flexibility index (Phi) is 6.71. The molecule has 5 nitrogen and oxygen atoms in total. The van der Waals surface area contributed by atoms with Gasteiger partial charge in [-0.05, 0) is 18.9 Å². The van der Waals surface area contributed by atoms with Crippen molar-refractivity contribution in [2.24, 2.45) is 0 Å². The van der Waals surface area contributed by atoms with Gasteiger partial charge in [0.05, 0.1) is 11.8 Å². The zero-order valence-electron chi connectivity index (χ0n) is 11.6. The van der Waals surface area contributed by atoms with Crippen molar-refractivity contribution in [2.75, 3.05) is 19.6 Å². The molecule has 1 aromatic rings. The summed E-state index contributed by atoms with van der Waals surface area (Å²) in [7, 11) is 0. The fourth-order valence-electron chi connectivity index (χ4n) is 1.74. The number of carbonyl (C=O) groups excluding carboxylic acids is 2. The van der Waals surface area contributed by atoms with Crippen LogP contribution in [0.25, 0.3) is 0 Å². The molecule has 0 unspecified atom stereocenters. The predicted molar refractivity (Wildman–Crippen MR) is 72.8 cm³/mol. The van der Waals surface area contributed by atoms with Crippen LogP contribution in [0.4, 0.5) is 0 Å². The van der Waals surface area contributed by atoms with Crippen molar-refractivity contribution in [3.05, 3.63) is 24.2 Å². The number of amides is 2. The molecule has 19 heavy (non-hydrogen) atoms. The van der Waals surface area contributed by atoms with Gasteiger partial charge in [0.25, 0.3) is 5.91 Å². The molecular weight excluding hydrogens is 244 g/mol. The van der Waals surface area contributed by atoms with Gasteiger partial charge in [-0.3, -0.25) is 9.59 Å². The number of rotatable bonds is 8. The summed E-state index contributed by atoms with van der Waals surface area (Å²) >= 11 is 0. The van der Waals surface area contributed by atoms with Crippen molar-refractivity contribution in [3.8, 4) is 0 Å². The van der Waals surface area contributed by atoms with Crippen LogP contribution in [0.3, 0.4) is 0 Å². The molecule has 0 radical (unpaired) electrons. The summed E-state index contributed by atoms with van der Waals surface area (Å²) < 4.78 is 4.92. The Morgan fingerprint density at radius 3 is 2.63 bits per heavy atom. The first kappa shape index (κ1) is 15.3.